The van der Waals surface area contributed by atoms with Crippen LogP contribution in [0.5, 0.6) is 5.75 Å². The molecule has 0 bridgehead atoms. The first-order valence-corrected chi connectivity index (χ1v) is 5.71. The fourth-order valence-electron chi connectivity index (χ4n) is 1.66. The number of aryl methyl sites for hydroxylation is 1. The lowest BCUT2D eigenvalue weighted by molar-refractivity contribution is -0.138. The number of hydrogen-bond acceptors (Lipinski definition) is 3. The molecule has 0 spiro atoms. The van der Waals surface area contributed by atoms with Crippen molar-refractivity contribution in [2.45, 2.75) is 25.8 Å². The number of carbonyl (C=O) groups is 1. The first-order valence-electron chi connectivity index (χ1n) is 5.33. The van der Waals surface area contributed by atoms with Crippen LogP contribution in [0.2, 0.25) is 5.02 Å². The molecule has 0 aliphatic carbocycles. The van der Waals surface area contributed by atoms with E-state index in [1.807, 2.05) is 13.0 Å². The highest BCUT2D eigenvalue weighted by Crippen LogP contribution is 2.30. The average Bonchev–Trinajstić information content (AvgIpc) is 2.27. The number of benzene rings is 1. The van der Waals surface area contributed by atoms with E-state index in [2.05, 4.69) is 0 Å². The van der Waals surface area contributed by atoms with Gasteiger partial charge in [0, 0.05) is 0 Å². The molecule has 1 unspecified atom stereocenters. The lowest BCUT2D eigenvalue weighted by Crippen LogP contribution is -2.32. The number of methoxy groups -OCH3 is 1. The van der Waals surface area contributed by atoms with Crippen molar-refractivity contribution < 1.29 is 14.6 Å². The number of rotatable bonds is 5. The Morgan fingerprint density at radius 2 is 2.24 bits per heavy atom. The molecule has 17 heavy (non-hydrogen) atoms. The van der Waals surface area contributed by atoms with Crippen molar-refractivity contribution in [3.05, 3.63) is 28.3 Å². The van der Waals surface area contributed by atoms with Crippen LogP contribution in [0, 0.1) is 0 Å². The van der Waals surface area contributed by atoms with Crippen molar-refractivity contribution in [3.63, 3.8) is 0 Å². The lowest BCUT2D eigenvalue weighted by Gasteiger charge is -2.13. The van der Waals surface area contributed by atoms with Gasteiger partial charge in [0.25, 0.3) is 0 Å². The molecule has 4 nitrogen and oxygen atoms in total. The average molecular weight is 258 g/mol. The van der Waals surface area contributed by atoms with Crippen LogP contribution in [0.4, 0.5) is 0 Å². The maximum absolute atomic E-state index is 10.7. The third-order valence-electron chi connectivity index (χ3n) is 2.54. The molecule has 94 valence electrons. The minimum atomic E-state index is -1.02. The van der Waals surface area contributed by atoms with Crippen LogP contribution in [-0.2, 0) is 17.6 Å². The molecule has 1 aromatic rings. The summed E-state index contributed by atoms with van der Waals surface area (Å²) in [5, 5.41) is 9.24. The summed E-state index contributed by atoms with van der Waals surface area (Å²) in [5.74, 6) is -0.378. The zero-order valence-electron chi connectivity index (χ0n) is 9.87. The lowest BCUT2D eigenvalue weighted by atomic mass is 10.0. The molecule has 0 heterocycles. The molecular formula is C12H16ClNO3. The summed E-state index contributed by atoms with van der Waals surface area (Å²) in [6.07, 6.45) is 1.02. The number of hydrogen-bond donors (Lipinski definition) is 2. The Kier molecular flexibility index (Phi) is 4.78. The summed E-state index contributed by atoms with van der Waals surface area (Å²) in [6.45, 7) is 1.98. The summed E-state index contributed by atoms with van der Waals surface area (Å²) in [5.41, 5.74) is 7.25. The largest absolute Gasteiger partial charge is 0.495 e. The number of halogens is 1. The van der Waals surface area contributed by atoms with Gasteiger partial charge in [-0.25, -0.2) is 0 Å². The van der Waals surface area contributed by atoms with Gasteiger partial charge < -0.3 is 15.6 Å². The van der Waals surface area contributed by atoms with E-state index in [0.717, 1.165) is 17.5 Å². The van der Waals surface area contributed by atoms with E-state index in [-0.39, 0.29) is 6.42 Å². The smallest absolute Gasteiger partial charge is 0.320 e. The number of carboxylic acid groups (broad SMARTS) is 1. The van der Waals surface area contributed by atoms with E-state index in [4.69, 9.17) is 27.2 Å². The van der Waals surface area contributed by atoms with Crippen LogP contribution in [0.3, 0.4) is 0 Å². The summed E-state index contributed by atoms with van der Waals surface area (Å²) in [4.78, 5) is 10.7. The van der Waals surface area contributed by atoms with E-state index in [1.54, 1.807) is 13.2 Å². The zero-order chi connectivity index (χ0) is 13.0. The van der Waals surface area contributed by atoms with Crippen LogP contribution in [0.15, 0.2) is 12.1 Å². The quantitative estimate of drug-likeness (QED) is 0.845. The van der Waals surface area contributed by atoms with E-state index in [9.17, 15) is 4.79 Å². The van der Waals surface area contributed by atoms with Crippen molar-refractivity contribution in [1.29, 1.82) is 0 Å². The summed E-state index contributed by atoms with van der Waals surface area (Å²) in [7, 11) is 1.56. The third-order valence-corrected chi connectivity index (χ3v) is 2.82. The normalized spacial score (nSPS) is 12.2. The topological polar surface area (TPSA) is 72.6 Å². The molecule has 0 aliphatic rings. The monoisotopic (exact) mass is 257 g/mol. The summed E-state index contributed by atoms with van der Waals surface area (Å²) in [6, 6.07) is 2.67. The van der Waals surface area contributed by atoms with Gasteiger partial charge in [0.1, 0.15) is 11.8 Å². The van der Waals surface area contributed by atoms with Gasteiger partial charge in [0.2, 0.25) is 0 Å². The summed E-state index contributed by atoms with van der Waals surface area (Å²) < 4.78 is 5.19. The van der Waals surface area contributed by atoms with Gasteiger partial charge in [-0.15, -0.1) is 0 Å². The fourth-order valence-corrected chi connectivity index (χ4v) is 2.00. The Morgan fingerprint density at radius 1 is 1.59 bits per heavy atom. The highest BCUT2D eigenvalue weighted by molar-refractivity contribution is 6.32. The van der Waals surface area contributed by atoms with Crippen molar-refractivity contribution in [2.75, 3.05) is 7.11 Å². The van der Waals surface area contributed by atoms with Gasteiger partial charge in [0.15, 0.2) is 0 Å². The Hall–Kier alpha value is -1.26. The first kappa shape index (κ1) is 13.8. The minimum Gasteiger partial charge on any atom is -0.495 e. The maximum atomic E-state index is 10.7. The predicted molar refractivity (Wildman–Crippen MR) is 66.7 cm³/mol. The molecule has 0 saturated carbocycles. The van der Waals surface area contributed by atoms with Gasteiger partial charge in [-0.3, -0.25) is 4.79 Å². The molecule has 1 atom stereocenters. The fraction of sp³-hybridized carbons (Fsp3) is 0.417. The van der Waals surface area contributed by atoms with Crippen molar-refractivity contribution in [2.24, 2.45) is 5.73 Å². The number of carboxylic acids is 1. The first-order chi connectivity index (χ1) is 7.99. The van der Waals surface area contributed by atoms with Crippen molar-refractivity contribution >= 4 is 17.6 Å². The molecule has 3 N–H and O–H groups in total. The number of aliphatic carboxylic acids is 1. The van der Waals surface area contributed by atoms with Gasteiger partial charge in [-0.1, -0.05) is 24.6 Å². The molecule has 0 saturated heterocycles. The van der Waals surface area contributed by atoms with E-state index in [0.29, 0.717) is 10.8 Å². The van der Waals surface area contributed by atoms with E-state index in [1.165, 1.54) is 0 Å². The van der Waals surface area contributed by atoms with Crippen LogP contribution >= 0.6 is 11.6 Å². The third kappa shape index (κ3) is 3.35. The molecule has 1 aromatic carbocycles. The molecular weight excluding hydrogens is 242 g/mol. The van der Waals surface area contributed by atoms with Crippen molar-refractivity contribution in [3.8, 4) is 5.75 Å². The highest BCUT2D eigenvalue weighted by atomic mass is 35.5. The molecule has 0 fully saturated rings. The Bertz CT molecular complexity index is 420. The second-order valence-electron chi connectivity index (χ2n) is 3.77. The molecule has 0 aliphatic heterocycles. The molecule has 1 rings (SSSR count). The number of nitrogens with two attached hydrogens (primary N) is 1. The van der Waals surface area contributed by atoms with Crippen LogP contribution in [0.1, 0.15) is 18.1 Å². The second-order valence-corrected chi connectivity index (χ2v) is 4.18. The van der Waals surface area contributed by atoms with Crippen molar-refractivity contribution in [1.82, 2.24) is 0 Å². The van der Waals surface area contributed by atoms with Gasteiger partial charge in [0.05, 0.1) is 12.1 Å². The molecule has 0 amide bonds. The SMILES string of the molecule is CCc1cc(CC(N)C(=O)O)cc(Cl)c1OC. The maximum Gasteiger partial charge on any atom is 0.320 e. The molecule has 0 aromatic heterocycles. The Labute approximate surface area is 105 Å². The Morgan fingerprint density at radius 3 is 2.71 bits per heavy atom. The summed E-state index contributed by atoms with van der Waals surface area (Å²) >= 11 is 6.06. The van der Waals surface area contributed by atoms with Gasteiger partial charge >= 0.3 is 5.97 Å². The van der Waals surface area contributed by atoms with E-state index >= 15 is 0 Å². The van der Waals surface area contributed by atoms with Gasteiger partial charge in [-0.05, 0) is 30.0 Å². The minimum absolute atomic E-state index is 0.256. The highest BCUT2D eigenvalue weighted by Gasteiger charge is 2.15. The van der Waals surface area contributed by atoms with Gasteiger partial charge in [-0.2, -0.15) is 0 Å². The second kappa shape index (κ2) is 5.89. The molecule has 0 radical (unpaired) electrons. The van der Waals surface area contributed by atoms with Crippen LogP contribution in [-0.4, -0.2) is 24.2 Å². The van der Waals surface area contributed by atoms with Crippen LogP contribution < -0.4 is 10.5 Å². The standard InChI is InChI=1S/C12H16ClNO3/c1-3-8-4-7(6-10(14)12(15)16)5-9(13)11(8)17-2/h4-5,10H,3,6,14H2,1-2H3,(H,15,16). The van der Waals surface area contributed by atoms with E-state index < -0.39 is 12.0 Å². The predicted octanol–water partition coefficient (Wildman–Crippen LogP) is 1.87. The number of ether oxygens (including phenoxy) is 1. The van der Waals surface area contributed by atoms with Crippen LogP contribution in [0.25, 0.3) is 0 Å². The zero-order valence-corrected chi connectivity index (χ0v) is 10.6. The Balaban J connectivity index is 3.03. The molecule has 5 heteroatoms.